The Bertz CT molecular complexity index is 500. The number of hydrogen-bond acceptors (Lipinski definition) is 3. The van der Waals surface area contributed by atoms with Gasteiger partial charge >= 0.3 is 0 Å². The second-order valence-corrected chi connectivity index (χ2v) is 4.27. The lowest BCUT2D eigenvalue weighted by atomic mass is 9.90. The Morgan fingerprint density at radius 3 is 3.07 bits per heavy atom. The van der Waals surface area contributed by atoms with E-state index in [9.17, 15) is 4.79 Å². The standard InChI is InChI=1S/C12H8O2S/c13-11-10-4-2-1-3-8(10)7-9-5-6-14-15-12(9)11/h1-6H,7H2. The molecule has 2 nitrogen and oxygen atoms in total. The molecule has 0 radical (unpaired) electrons. The molecule has 0 atom stereocenters. The van der Waals surface area contributed by atoms with Crippen LogP contribution in [0.1, 0.15) is 15.9 Å². The molecule has 1 aromatic rings. The molecule has 0 bridgehead atoms. The van der Waals surface area contributed by atoms with E-state index >= 15 is 0 Å². The van der Waals surface area contributed by atoms with Crippen molar-refractivity contribution in [2.45, 2.75) is 6.42 Å². The lowest BCUT2D eigenvalue weighted by Crippen LogP contribution is -2.15. The lowest BCUT2D eigenvalue weighted by Gasteiger charge is -2.20. The van der Waals surface area contributed by atoms with Gasteiger partial charge in [0.25, 0.3) is 0 Å². The van der Waals surface area contributed by atoms with E-state index in [0.717, 1.165) is 40.1 Å². The zero-order chi connectivity index (χ0) is 10.3. The Morgan fingerprint density at radius 1 is 1.27 bits per heavy atom. The highest BCUT2D eigenvalue weighted by molar-refractivity contribution is 7.99. The fourth-order valence-electron chi connectivity index (χ4n) is 1.86. The van der Waals surface area contributed by atoms with Crippen LogP contribution < -0.4 is 0 Å². The normalized spacial score (nSPS) is 18.3. The summed E-state index contributed by atoms with van der Waals surface area (Å²) < 4.78 is 5.08. The minimum Gasteiger partial charge on any atom is -0.428 e. The first-order valence-corrected chi connectivity index (χ1v) is 5.46. The summed E-state index contributed by atoms with van der Waals surface area (Å²) in [5.74, 6) is 0.0844. The Labute approximate surface area is 91.8 Å². The zero-order valence-corrected chi connectivity index (χ0v) is 8.71. The van der Waals surface area contributed by atoms with Crippen molar-refractivity contribution in [1.29, 1.82) is 0 Å². The number of ketones is 1. The molecule has 0 spiro atoms. The number of allylic oxidation sites excluding steroid dienone is 3. The van der Waals surface area contributed by atoms with Crippen molar-refractivity contribution in [2.75, 3.05) is 0 Å². The van der Waals surface area contributed by atoms with Crippen molar-refractivity contribution in [3.8, 4) is 0 Å². The number of carbonyl (C=O) groups excluding carboxylic acids is 1. The van der Waals surface area contributed by atoms with E-state index in [1.165, 1.54) is 0 Å². The monoisotopic (exact) mass is 216 g/mol. The average molecular weight is 216 g/mol. The Kier molecular flexibility index (Phi) is 1.92. The molecule has 1 aliphatic heterocycles. The van der Waals surface area contributed by atoms with Crippen molar-refractivity contribution in [2.24, 2.45) is 0 Å². The summed E-state index contributed by atoms with van der Waals surface area (Å²) in [7, 11) is 0. The van der Waals surface area contributed by atoms with Gasteiger partial charge in [-0.25, -0.2) is 0 Å². The minimum absolute atomic E-state index is 0.0844. The topological polar surface area (TPSA) is 26.3 Å². The van der Waals surface area contributed by atoms with Gasteiger partial charge in [-0.05, 0) is 23.6 Å². The number of carbonyl (C=O) groups is 1. The molecule has 3 rings (SSSR count). The highest BCUT2D eigenvalue weighted by Crippen LogP contribution is 2.36. The largest absolute Gasteiger partial charge is 0.428 e. The fourth-order valence-corrected chi connectivity index (χ4v) is 2.50. The first-order chi connectivity index (χ1) is 7.36. The molecule has 0 saturated carbocycles. The molecule has 0 aromatic heterocycles. The molecular formula is C12H8O2S. The molecule has 0 unspecified atom stereocenters. The van der Waals surface area contributed by atoms with E-state index in [4.69, 9.17) is 4.18 Å². The molecule has 0 saturated heterocycles. The number of rotatable bonds is 0. The molecule has 1 heterocycles. The third-order valence-corrected chi connectivity index (χ3v) is 3.42. The van der Waals surface area contributed by atoms with Crippen molar-refractivity contribution in [3.63, 3.8) is 0 Å². The summed E-state index contributed by atoms with van der Waals surface area (Å²) in [5, 5.41) is 0. The van der Waals surface area contributed by atoms with Gasteiger partial charge in [-0.2, -0.15) is 0 Å². The van der Waals surface area contributed by atoms with Crippen LogP contribution in [0.15, 0.2) is 47.1 Å². The average Bonchev–Trinajstić information content (AvgIpc) is 2.30. The SMILES string of the molecule is O=C1C2=C(C=COS2)Cc2ccccc21. The number of benzene rings is 1. The Morgan fingerprint density at radius 2 is 2.13 bits per heavy atom. The summed E-state index contributed by atoms with van der Waals surface area (Å²) in [6.45, 7) is 0. The van der Waals surface area contributed by atoms with Gasteiger partial charge in [-0.15, -0.1) is 0 Å². The van der Waals surface area contributed by atoms with Gasteiger partial charge in [0.2, 0.25) is 5.78 Å². The maximum Gasteiger partial charge on any atom is 0.203 e. The second-order valence-electron chi connectivity index (χ2n) is 3.50. The number of Topliss-reactive ketones (excluding diaryl/α,β-unsaturated/α-hetero) is 1. The first kappa shape index (κ1) is 8.80. The van der Waals surface area contributed by atoms with Crippen LogP contribution in [0.2, 0.25) is 0 Å². The molecule has 74 valence electrons. The predicted octanol–water partition coefficient (Wildman–Crippen LogP) is 2.87. The van der Waals surface area contributed by atoms with E-state index in [2.05, 4.69) is 0 Å². The van der Waals surface area contributed by atoms with Crippen LogP contribution in [-0.4, -0.2) is 5.78 Å². The second kappa shape index (κ2) is 3.28. The lowest BCUT2D eigenvalue weighted by molar-refractivity contribution is 0.103. The van der Waals surface area contributed by atoms with Gasteiger partial charge in [0.15, 0.2) is 0 Å². The molecule has 15 heavy (non-hydrogen) atoms. The molecular weight excluding hydrogens is 208 g/mol. The fraction of sp³-hybridized carbons (Fsp3) is 0.0833. The number of hydrogen-bond donors (Lipinski definition) is 0. The van der Waals surface area contributed by atoms with Crippen LogP contribution in [0.5, 0.6) is 0 Å². The maximum absolute atomic E-state index is 12.1. The van der Waals surface area contributed by atoms with Gasteiger partial charge in [-0.1, -0.05) is 24.3 Å². The highest BCUT2D eigenvalue weighted by atomic mass is 32.2. The van der Waals surface area contributed by atoms with E-state index in [1.807, 2.05) is 30.3 Å². The predicted molar refractivity (Wildman–Crippen MR) is 59.3 cm³/mol. The van der Waals surface area contributed by atoms with Gasteiger partial charge in [0, 0.05) is 5.56 Å². The summed E-state index contributed by atoms with van der Waals surface area (Å²) in [6.07, 6.45) is 4.33. The van der Waals surface area contributed by atoms with Crippen molar-refractivity contribution in [3.05, 3.63) is 58.2 Å². The first-order valence-electron chi connectivity index (χ1n) is 4.72. The molecule has 0 amide bonds. The van der Waals surface area contributed by atoms with Crippen LogP contribution in [0.4, 0.5) is 0 Å². The molecule has 0 fully saturated rings. The molecule has 1 aromatic carbocycles. The minimum atomic E-state index is 0.0844. The van der Waals surface area contributed by atoms with Gasteiger partial charge < -0.3 is 4.18 Å². The highest BCUT2D eigenvalue weighted by Gasteiger charge is 2.27. The van der Waals surface area contributed by atoms with Crippen LogP contribution in [0.25, 0.3) is 0 Å². The molecule has 1 aliphatic carbocycles. The molecule has 0 N–H and O–H groups in total. The summed E-state index contributed by atoms with van der Waals surface area (Å²) in [5.41, 5.74) is 2.98. The van der Waals surface area contributed by atoms with E-state index in [-0.39, 0.29) is 5.78 Å². The van der Waals surface area contributed by atoms with Crippen molar-refractivity contribution >= 4 is 17.8 Å². The van der Waals surface area contributed by atoms with E-state index < -0.39 is 0 Å². The van der Waals surface area contributed by atoms with Gasteiger partial charge in [0.05, 0.1) is 16.9 Å². The van der Waals surface area contributed by atoms with Crippen LogP contribution >= 0.6 is 12.0 Å². The number of fused-ring (bicyclic) bond motifs is 1. The summed E-state index contributed by atoms with van der Waals surface area (Å²) in [6, 6.07) is 7.74. The molecule has 3 heteroatoms. The Hall–Kier alpha value is -1.48. The van der Waals surface area contributed by atoms with Crippen LogP contribution in [0, 0.1) is 0 Å². The van der Waals surface area contributed by atoms with Crippen molar-refractivity contribution < 1.29 is 8.98 Å². The van der Waals surface area contributed by atoms with Crippen molar-refractivity contribution in [1.82, 2.24) is 0 Å². The van der Waals surface area contributed by atoms with E-state index in [1.54, 1.807) is 6.26 Å². The Balaban J connectivity index is 2.15. The summed E-state index contributed by atoms with van der Waals surface area (Å²) >= 11 is 1.16. The zero-order valence-electron chi connectivity index (χ0n) is 7.90. The smallest absolute Gasteiger partial charge is 0.203 e. The maximum atomic E-state index is 12.1. The summed E-state index contributed by atoms with van der Waals surface area (Å²) in [4.78, 5) is 12.8. The van der Waals surface area contributed by atoms with Gasteiger partial charge in [0.1, 0.15) is 6.26 Å². The van der Waals surface area contributed by atoms with E-state index in [0.29, 0.717) is 0 Å². The molecule has 2 aliphatic rings. The van der Waals surface area contributed by atoms with Crippen LogP contribution in [0.3, 0.4) is 0 Å². The van der Waals surface area contributed by atoms with Gasteiger partial charge in [-0.3, -0.25) is 4.79 Å². The third kappa shape index (κ3) is 1.31. The third-order valence-electron chi connectivity index (χ3n) is 2.60. The van der Waals surface area contributed by atoms with Crippen LogP contribution in [-0.2, 0) is 10.6 Å². The quantitative estimate of drug-likeness (QED) is 0.624.